The Morgan fingerprint density at radius 2 is 1.64 bits per heavy atom. The summed E-state index contributed by atoms with van der Waals surface area (Å²) in [6.45, 7) is 3.38. The summed E-state index contributed by atoms with van der Waals surface area (Å²) in [7, 11) is 0. The van der Waals surface area contributed by atoms with Crippen molar-refractivity contribution < 1.29 is 4.74 Å². The Hall–Kier alpha value is -1.35. The van der Waals surface area contributed by atoms with Crippen molar-refractivity contribution in [1.29, 1.82) is 0 Å². The first kappa shape index (κ1) is 17.1. The van der Waals surface area contributed by atoms with Crippen LogP contribution in [0.1, 0.15) is 60.8 Å². The van der Waals surface area contributed by atoms with E-state index in [9.17, 15) is 0 Å². The van der Waals surface area contributed by atoms with E-state index >= 15 is 0 Å². The highest BCUT2D eigenvalue weighted by Gasteiger charge is 2.50. The Morgan fingerprint density at radius 3 is 2.24 bits per heavy atom. The summed E-state index contributed by atoms with van der Waals surface area (Å²) < 4.78 is 6.94. The van der Waals surface area contributed by atoms with Gasteiger partial charge in [-0.3, -0.25) is 0 Å². The van der Waals surface area contributed by atoms with E-state index in [0.29, 0.717) is 12.0 Å². The molecule has 0 spiro atoms. The Labute approximate surface area is 156 Å². The number of nitrogens with one attached hydrogen (secondary N) is 1. The fourth-order valence-corrected chi connectivity index (χ4v) is 5.28. The largest absolute Gasteiger partial charge is 0.361 e. The van der Waals surface area contributed by atoms with Gasteiger partial charge < -0.3 is 10.1 Å². The minimum absolute atomic E-state index is 0. The molecule has 2 bridgehead atoms. The highest BCUT2D eigenvalue weighted by molar-refractivity contribution is 5.85. The number of ether oxygens (including phenoxy) is 1. The molecule has 4 aliphatic rings. The van der Waals surface area contributed by atoms with E-state index in [2.05, 4.69) is 60.8 Å². The van der Waals surface area contributed by atoms with Crippen molar-refractivity contribution in [1.82, 2.24) is 5.32 Å². The molecule has 1 fully saturated rings. The van der Waals surface area contributed by atoms with Crippen molar-refractivity contribution in [2.24, 2.45) is 0 Å². The van der Waals surface area contributed by atoms with Crippen molar-refractivity contribution >= 4 is 12.4 Å². The molecular formula is C22H26ClNO. The van der Waals surface area contributed by atoms with Crippen LogP contribution in [0.15, 0.2) is 48.5 Å². The molecular weight excluding hydrogens is 330 g/mol. The van der Waals surface area contributed by atoms with Gasteiger partial charge in [-0.2, -0.15) is 0 Å². The summed E-state index contributed by atoms with van der Waals surface area (Å²) in [6.07, 6.45) is 5.01. The van der Waals surface area contributed by atoms with Gasteiger partial charge >= 0.3 is 0 Å². The molecule has 0 amide bonds. The fraction of sp³-hybridized carbons (Fsp3) is 0.455. The van der Waals surface area contributed by atoms with Crippen molar-refractivity contribution in [3.8, 4) is 0 Å². The maximum absolute atomic E-state index is 6.94. The molecule has 1 saturated heterocycles. The summed E-state index contributed by atoms with van der Waals surface area (Å²) >= 11 is 0. The van der Waals surface area contributed by atoms with Gasteiger partial charge in [0, 0.05) is 12.0 Å². The Kier molecular flexibility index (Phi) is 4.39. The summed E-state index contributed by atoms with van der Waals surface area (Å²) in [6, 6.07) is 18.4. The number of halogens is 1. The Bertz CT molecular complexity index is 721. The van der Waals surface area contributed by atoms with Gasteiger partial charge in [0.15, 0.2) is 0 Å². The van der Waals surface area contributed by atoms with Crippen molar-refractivity contribution in [2.75, 3.05) is 6.54 Å². The van der Waals surface area contributed by atoms with Crippen molar-refractivity contribution in [3.63, 3.8) is 0 Å². The molecule has 1 aliphatic heterocycles. The summed E-state index contributed by atoms with van der Waals surface area (Å²) in [5.41, 5.74) is 5.52. The monoisotopic (exact) mass is 355 g/mol. The highest BCUT2D eigenvalue weighted by atomic mass is 35.5. The first-order valence-corrected chi connectivity index (χ1v) is 9.39. The quantitative estimate of drug-likeness (QED) is 0.858. The maximum Gasteiger partial charge on any atom is 0.119 e. The smallest absolute Gasteiger partial charge is 0.119 e. The molecule has 25 heavy (non-hydrogen) atoms. The molecule has 1 heterocycles. The van der Waals surface area contributed by atoms with E-state index in [0.717, 1.165) is 13.0 Å². The Morgan fingerprint density at radius 1 is 1.00 bits per heavy atom. The van der Waals surface area contributed by atoms with E-state index < -0.39 is 0 Å². The van der Waals surface area contributed by atoms with Crippen LogP contribution in [-0.2, 0) is 10.3 Å². The highest BCUT2D eigenvalue weighted by Crippen LogP contribution is 2.57. The average Bonchev–Trinajstić information content (AvgIpc) is 3.17. The predicted octanol–water partition coefficient (Wildman–Crippen LogP) is 4.75. The molecule has 3 heteroatoms. The van der Waals surface area contributed by atoms with E-state index in [-0.39, 0.29) is 24.1 Å². The molecule has 2 unspecified atom stereocenters. The van der Waals surface area contributed by atoms with Gasteiger partial charge in [0.1, 0.15) is 5.60 Å². The summed E-state index contributed by atoms with van der Waals surface area (Å²) in [4.78, 5) is 0. The summed E-state index contributed by atoms with van der Waals surface area (Å²) in [5.74, 6) is 0.544. The van der Waals surface area contributed by atoms with Gasteiger partial charge in [0.05, 0.1) is 6.10 Å². The van der Waals surface area contributed by atoms with Crippen LogP contribution in [0.2, 0.25) is 0 Å². The van der Waals surface area contributed by atoms with Gasteiger partial charge in [-0.1, -0.05) is 48.5 Å². The van der Waals surface area contributed by atoms with Crippen LogP contribution in [0.3, 0.4) is 0 Å². The predicted molar refractivity (Wildman–Crippen MR) is 104 cm³/mol. The molecule has 1 N–H and O–H groups in total. The minimum atomic E-state index is -0.258. The lowest BCUT2D eigenvalue weighted by Gasteiger charge is -2.50. The molecule has 0 radical (unpaired) electrons. The van der Waals surface area contributed by atoms with Crippen LogP contribution in [0.25, 0.3) is 0 Å². The number of hydrogen-bond acceptors (Lipinski definition) is 2. The second-order valence-corrected chi connectivity index (χ2v) is 7.62. The van der Waals surface area contributed by atoms with Gasteiger partial charge in [-0.25, -0.2) is 0 Å². The number of fused-ring (bicyclic) bond motifs is 1. The summed E-state index contributed by atoms with van der Waals surface area (Å²) in [5, 5.41) is 3.62. The van der Waals surface area contributed by atoms with E-state index in [1.165, 1.54) is 41.5 Å². The van der Waals surface area contributed by atoms with Crippen LogP contribution in [0, 0.1) is 0 Å². The van der Waals surface area contributed by atoms with Crippen LogP contribution >= 0.6 is 12.4 Å². The SMILES string of the molecule is CC(OC12CCC(c3ccccc31)c1ccccc12)C1CCCN1.Cl. The average molecular weight is 356 g/mol. The molecule has 2 nitrogen and oxygen atoms in total. The van der Waals surface area contributed by atoms with Crippen molar-refractivity contribution in [3.05, 3.63) is 70.8 Å². The van der Waals surface area contributed by atoms with E-state index in [1.54, 1.807) is 0 Å². The second-order valence-electron chi connectivity index (χ2n) is 7.62. The molecule has 2 aromatic rings. The topological polar surface area (TPSA) is 21.3 Å². The third kappa shape index (κ3) is 2.46. The molecule has 2 aromatic carbocycles. The lowest BCUT2D eigenvalue weighted by atomic mass is 9.61. The number of hydrogen-bond donors (Lipinski definition) is 1. The van der Waals surface area contributed by atoms with Crippen LogP contribution < -0.4 is 5.32 Å². The maximum atomic E-state index is 6.94. The molecule has 2 atom stereocenters. The molecule has 0 saturated carbocycles. The molecule has 3 aliphatic carbocycles. The first-order valence-electron chi connectivity index (χ1n) is 9.39. The third-order valence-electron chi connectivity index (χ3n) is 6.38. The number of rotatable bonds is 3. The lowest BCUT2D eigenvalue weighted by Crippen LogP contribution is -2.47. The van der Waals surface area contributed by atoms with Gasteiger partial charge in [0.25, 0.3) is 0 Å². The van der Waals surface area contributed by atoms with Gasteiger partial charge in [0.2, 0.25) is 0 Å². The zero-order valence-electron chi connectivity index (χ0n) is 14.7. The third-order valence-corrected chi connectivity index (χ3v) is 6.38. The zero-order chi connectivity index (χ0) is 16.1. The normalized spacial score (nSPS) is 30.3. The molecule has 0 aromatic heterocycles. The lowest BCUT2D eigenvalue weighted by molar-refractivity contribution is -0.0923. The van der Waals surface area contributed by atoms with Crippen LogP contribution in [0.5, 0.6) is 0 Å². The van der Waals surface area contributed by atoms with E-state index in [1.807, 2.05) is 0 Å². The minimum Gasteiger partial charge on any atom is -0.361 e. The molecule has 6 rings (SSSR count). The fourth-order valence-electron chi connectivity index (χ4n) is 5.28. The van der Waals surface area contributed by atoms with Gasteiger partial charge in [-0.05, 0) is 61.4 Å². The van der Waals surface area contributed by atoms with Crippen LogP contribution in [-0.4, -0.2) is 18.7 Å². The first-order chi connectivity index (χ1) is 11.8. The van der Waals surface area contributed by atoms with Crippen molar-refractivity contribution in [2.45, 2.75) is 56.3 Å². The molecule has 132 valence electrons. The standard InChI is InChI=1S/C22H25NO.ClH/c1-15(21-11-6-14-23-21)24-22-13-12-16(17-7-2-4-9-19(17)22)18-8-3-5-10-20(18)22;/h2-5,7-10,15-16,21,23H,6,11-14H2,1H3;1H. The van der Waals surface area contributed by atoms with Gasteiger partial charge in [-0.15, -0.1) is 12.4 Å². The zero-order valence-corrected chi connectivity index (χ0v) is 15.5. The second kappa shape index (κ2) is 6.42. The Balaban J connectivity index is 0.00000157. The van der Waals surface area contributed by atoms with E-state index in [4.69, 9.17) is 4.74 Å². The van der Waals surface area contributed by atoms with Crippen LogP contribution in [0.4, 0.5) is 0 Å². The number of benzene rings is 2.